The molecule has 3 aromatic rings. The van der Waals surface area contributed by atoms with Crippen LogP contribution < -0.4 is 5.32 Å². The van der Waals surface area contributed by atoms with Crippen molar-refractivity contribution in [3.05, 3.63) is 80.8 Å². The number of esters is 1. The summed E-state index contributed by atoms with van der Waals surface area (Å²) in [5, 5.41) is 8.46. The maximum atomic E-state index is 12.0. The highest BCUT2D eigenvalue weighted by Crippen LogP contribution is 2.17. The summed E-state index contributed by atoms with van der Waals surface area (Å²) < 4.78 is 6.81. The van der Waals surface area contributed by atoms with Gasteiger partial charge in [-0.25, -0.2) is 4.79 Å². The highest BCUT2D eigenvalue weighted by Gasteiger charge is 2.13. The van der Waals surface area contributed by atoms with Crippen molar-refractivity contribution in [2.24, 2.45) is 0 Å². The van der Waals surface area contributed by atoms with Gasteiger partial charge in [-0.2, -0.15) is 5.10 Å². The molecule has 2 aromatic heterocycles. The number of hydrogen-bond donors (Lipinski definition) is 1. The number of ether oxygens (including phenoxy) is 1. The number of thiophene rings is 1. The number of rotatable bonds is 7. The van der Waals surface area contributed by atoms with Gasteiger partial charge in [-0.1, -0.05) is 35.9 Å². The van der Waals surface area contributed by atoms with Crippen LogP contribution in [0.2, 0.25) is 0 Å². The van der Waals surface area contributed by atoms with Gasteiger partial charge in [0.1, 0.15) is 0 Å². The second kappa shape index (κ2) is 9.99. The molecule has 1 N–H and O–H groups in total. The van der Waals surface area contributed by atoms with Crippen molar-refractivity contribution in [3.63, 3.8) is 0 Å². The van der Waals surface area contributed by atoms with Crippen molar-refractivity contribution in [3.8, 4) is 0 Å². The predicted octanol–water partition coefficient (Wildman–Crippen LogP) is 3.43. The van der Waals surface area contributed by atoms with E-state index in [0.717, 1.165) is 22.5 Å². The van der Waals surface area contributed by atoms with E-state index >= 15 is 0 Å². The molecule has 1 aromatic carbocycles. The van der Waals surface area contributed by atoms with E-state index in [1.165, 1.54) is 23.0 Å². The Morgan fingerprint density at radius 2 is 1.87 bits per heavy atom. The Morgan fingerprint density at radius 3 is 2.55 bits per heavy atom. The Labute approximate surface area is 184 Å². The van der Waals surface area contributed by atoms with Crippen molar-refractivity contribution in [1.82, 2.24) is 15.1 Å². The number of aryl methyl sites for hydroxylation is 2. The highest BCUT2D eigenvalue weighted by molar-refractivity contribution is 7.12. The van der Waals surface area contributed by atoms with E-state index in [1.807, 2.05) is 25.5 Å². The Kier molecular flexibility index (Phi) is 7.15. The summed E-state index contributed by atoms with van der Waals surface area (Å²) in [6.07, 6.45) is 2.88. The molecule has 0 saturated heterocycles. The zero-order valence-electron chi connectivity index (χ0n) is 17.5. The first-order chi connectivity index (χ1) is 14.8. The number of amides is 2. The summed E-state index contributed by atoms with van der Waals surface area (Å²) in [4.78, 5) is 36.0. The number of nitrogens with one attached hydrogen (secondary N) is 1. The third kappa shape index (κ3) is 5.99. The molecule has 0 atom stereocenters. The summed E-state index contributed by atoms with van der Waals surface area (Å²) in [5.74, 6) is -1.87. The molecule has 8 heteroatoms. The number of hydrogen-bond acceptors (Lipinski definition) is 6. The van der Waals surface area contributed by atoms with Crippen LogP contribution in [0.25, 0.3) is 6.08 Å². The number of carbonyl (C=O) groups is 3. The van der Waals surface area contributed by atoms with Crippen molar-refractivity contribution in [2.75, 3.05) is 6.61 Å². The first-order valence-electron chi connectivity index (χ1n) is 9.65. The number of aromatic nitrogens is 2. The lowest BCUT2D eigenvalue weighted by Gasteiger charge is -2.05. The van der Waals surface area contributed by atoms with Crippen LogP contribution in [0, 0.1) is 20.8 Å². The third-order valence-electron chi connectivity index (χ3n) is 4.62. The second-order valence-electron chi connectivity index (χ2n) is 7.02. The molecule has 160 valence electrons. The van der Waals surface area contributed by atoms with Crippen LogP contribution in [0.15, 0.2) is 47.9 Å². The number of nitrogens with zero attached hydrogens (tertiary/aromatic N) is 2. The number of imide groups is 1. The van der Waals surface area contributed by atoms with Crippen molar-refractivity contribution in [1.29, 1.82) is 0 Å². The molecule has 7 nitrogen and oxygen atoms in total. The Morgan fingerprint density at radius 1 is 1.13 bits per heavy atom. The van der Waals surface area contributed by atoms with Gasteiger partial charge in [0.05, 0.1) is 17.1 Å². The molecule has 2 heterocycles. The second-order valence-corrected chi connectivity index (χ2v) is 7.97. The molecule has 0 aliphatic carbocycles. The zero-order valence-corrected chi connectivity index (χ0v) is 18.4. The van der Waals surface area contributed by atoms with Gasteiger partial charge in [-0.05, 0) is 43.9 Å². The van der Waals surface area contributed by atoms with Gasteiger partial charge < -0.3 is 4.74 Å². The molecule has 0 aliphatic rings. The van der Waals surface area contributed by atoms with Crippen LogP contribution in [0.4, 0.5) is 0 Å². The van der Waals surface area contributed by atoms with Crippen molar-refractivity contribution >= 4 is 35.2 Å². The topological polar surface area (TPSA) is 90.3 Å². The molecule has 31 heavy (non-hydrogen) atoms. The van der Waals surface area contributed by atoms with Crippen LogP contribution >= 0.6 is 11.3 Å². The Hall–Kier alpha value is -3.52. The van der Waals surface area contributed by atoms with Crippen molar-refractivity contribution in [2.45, 2.75) is 27.3 Å². The molecular weight excluding hydrogens is 414 g/mol. The van der Waals surface area contributed by atoms with E-state index in [-0.39, 0.29) is 0 Å². The fourth-order valence-corrected chi connectivity index (χ4v) is 3.56. The van der Waals surface area contributed by atoms with E-state index in [9.17, 15) is 14.4 Å². The molecule has 0 spiro atoms. The SMILES string of the molecule is Cc1ccc(Cn2nc(C)c(/C=C/C(=O)OCC(=O)NC(=O)c3cccs3)c2C)cc1. The number of benzene rings is 1. The molecule has 0 aliphatic heterocycles. The van der Waals surface area contributed by atoms with E-state index in [4.69, 9.17) is 4.74 Å². The fourth-order valence-electron chi connectivity index (χ4n) is 2.94. The monoisotopic (exact) mass is 437 g/mol. The van der Waals surface area contributed by atoms with Crippen LogP contribution in [0.3, 0.4) is 0 Å². The molecule has 0 bridgehead atoms. The lowest BCUT2D eigenvalue weighted by atomic mass is 10.1. The molecule has 0 saturated carbocycles. The normalized spacial score (nSPS) is 10.9. The predicted molar refractivity (Wildman–Crippen MR) is 119 cm³/mol. The molecule has 2 amide bonds. The van der Waals surface area contributed by atoms with Crippen molar-refractivity contribution < 1.29 is 19.1 Å². The van der Waals surface area contributed by atoms with Gasteiger partial charge in [0, 0.05) is 17.3 Å². The standard InChI is InChI=1S/C23H23N3O4S/c1-15-6-8-18(9-7-15)13-26-17(3)19(16(2)25-26)10-11-22(28)30-14-21(27)24-23(29)20-5-4-12-31-20/h4-12H,13-14H2,1-3H3,(H,24,27,29)/b11-10+. The van der Waals surface area contributed by atoms with E-state index < -0.39 is 24.4 Å². The largest absolute Gasteiger partial charge is 0.452 e. The van der Waals surface area contributed by atoms with Crippen LogP contribution in [0.5, 0.6) is 0 Å². The van der Waals surface area contributed by atoms with Gasteiger partial charge in [0.15, 0.2) is 6.61 Å². The van der Waals surface area contributed by atoms with Crippen LogP contribution in [0.1, 0.15) is 37.7 Å². The van der Waals surface area contributed by atoms with Crippen LogP contribution in [-0.4, -0.2) is 34.2 Å². The molecule has 0 radical (unpaired) electrons. The third-order valence-corrected chi connectivity index (χ3v) is 5.49. The van der Waals surface area contributed by atoms with E-state index in [0.29, 0.717) is 11.4 Å². The Bertz CT molecular complexity index is 1110. The van der Waals surface area contributed by atoms with Crippen LogP contribution in [-0.2, 0) is 20.9 Å². The average molecular weight is 438 g/mol. The number of carbonyl (C=O) groups excluding carboxylic acids is 3. The highest BCUT2D eigenvalue weighted by atomic mass is 32.1. The fraction of sp³-hybridized carbons (Fsp3) is 0.217. The maximum Gasteiger partial charge on any atom is 0.331 e. The maximum absolute atomic E-state index is 12.0. The Balaban J connectivity index is 1.55. The van der Waals surface area contributed by atoms with Gasteiger partial charge in [-0.15, -0.1) is 11.3 Å². The molecule has 0 unspecified atom stereocenters. The smallest absolute Gasteiger partial charge is 0.331 e. The van der Waals surface area contributed by atoms with E-state index in [2.05, 4.69) is 34.7 Å². The minimum atomic E-state index is -0.682. The van der Waals surface area contributed by atoms with Gasteiger partial charge >= 0.3 is 5.97 Å². The lowest BCUT2D eigenvalue weighted by molar-refractivity contribution is -0.143. The van der Waals surface area contributed by atoms with Gasteiger partial charge in [0.2, 0.25) is 0 Å². The first kappa shape index (κ1) is 22.2. The zero-order chi connectivity index (χ0) is 22.4. The first-order valence-corrected chi connectivity index (χ1v) is 10.5. The van der Waals surface area contributed by atoms with Gasteiger partial charge in [0.25, 0.3) is 11.8 Å². The molecule has 3 rings (SSSR count). The minimum absolute atomic E-state index is 0.410. The summed E-state index contributed by atoms with van der Waals surface area (Å²) in [7, 11) is 0. The molecule has 0 fully saturated rings. The lowest BCUT2D eigenvalue weighted by Crippen LogP contribution is -2.33. The van der Waals surface area contributed by atoms with E-state index in [1.54, 1.807) is 23.6 Å². The summed E-state index contributed by atoms with van der Waals surface area (Å²) in [6.45, 7) is 5.94. The average Bonchev–Trinajstić information content (AvgIpc) is 3.36. The summed E-state index contributed by atoms with van der Waals surface area (Å²) >= 11 is 1.22. The van der Waals surface area contributed by atoms with Gasteiger partial charge in [-0.3, -0.25) is 19.6 Å². The minimum Gasteiger partial charge on any atom is -0.452 e. The summed E-state index contributed by atoms with van der Waals surface area (Å²) in [6, 6.07) is 11.6. The quantitative estimate of drug-likeness (QED) is 0.452. The summed E-state index contributed by atoms with van der Waals surface area (Å²) in [5.41, 5.74) is 4.86. The molecular formula is C23H23N3O4S.